The first-order valence-electron chi connectivity index (χ1n) is 2.45. The average molecular weight is 221 g/mol. The van der Waals surface area contributed by atoms with Crippen LogP contribution in [0.15, 0.2) is 0 Å². The molecule has 0 aromatic carbocycles. The molecule has 0 rings (SSSR count). The van der Waals surface area contributed by atoms with Gasteiger partial charge in [-0.15, -0.1) is 23.2 Å². The lowest BCUT2D eigenvalue weighted by atomic mass is 10.5. The fourth-order valence-electron chi connectivity index (χ4n) is 0.186. The Balaban J connectivity index is 0. The van der Waals surface area contributed by atoms with Gasteiger partial charge in [0.2, 0.25) is 5.24 Å². The van der Waals surface area contributed by atoms with Gasteiger partial charge in [-0.1, -0.05) is 0 Å². The van der Waals surface area contributed by atoms with E-state index >= 15 is 0 Å². The Kier molecular flexibility index (Phi) is 12.4. The van der Waals surface area contributed by atoms with Crippen LogP contribution >= 0.6 is 34.8 Å². The number of hydrogen-bond acceptors (Lipinski definition) is 3. The molecule has 0 aliphatic carbocycles. The molecule has 0 radical (unpaired) electrons. The molecule has 0 amide bonds. The molecule has 0 aliphatic rings. The van der Waals surface area contributed by atoms with Crippen molar-refractivity contribution in [3.05, 3.63) is 0 Å². The molecule has 11 heavy (non-hydrogen) atoms. The van der Waals surface area contributed by atoms with E-state index in [2.05, 4.69) is 4.74 Å². The highest BCUT2D eigenvalue weighted by Crippen LogP contribution is 1.89. The van der Waals surface area contributed by atoms with Crippen molar-refractivity contribution >= 4 is 46.0 Å². The van der Waals surface area contributed by atoms with Gasteiger partial charge in [0.15, 0.2) is 0 Å². The molecule has 6 heteroatoms. The zero-order valence-electron chi connectivity index (χ0n) is 5.77. The number of methoxy groups -OCH3 is 1. The molecule has 0 bridgehead atoms. The Labute approximate surface area is 79.6 Å². The van der Waals surface area contributed by atoms with Crippen LogP contribution in [0, 0.1) is 0 Å². The van der Waals surface area contributed by atoms with Crippen LogP contribution in [0.4, 0.5) is 0 Å². The molecule has 0 unspecified atom stereocenters. The number of esters is 1. The molecule has 0 aromatic rings. The highest BCUT2D eigenvalue weighted by atomic mass is 35.5. The van der Waals surface area contributed by atoms with Gasteiger partial charge in [-0.05, 0) is 11.6 Å². The molecule has 66 valence electrons. The van der Waals surface area contributed by atoms with Crippen LogP contribution in [-0.2, 0) is 14.3 Å². The minimum atomic E-state index is -0.697. The maximum atomic E-state index is 10.1. The van der Waals surface area contributed by atoms with E-state index in [-0.39, 0.29) is 11.8 Å². The molecular formula is C5H7Cl3O3. The van der Waals surface area contributed by atoms with Crippen molar-refractivity contribution in [3.8, 4) is 0 Å². The van der Waals surface area contributed by atoms with Crippen molar-refractivity contribution in [2.45, 2.75) is 6.42 Å². The van der Waals surface area contributed by atoms with Crippen molar-refractivity contribution in [3.63, 3.8) is 0 Å². The van der Waals surface area contributed by atoms with Gasteiger partial charge in [-0.25, -0.2) is 0 Å². The Bertz CT molecular complexity index is 126. The lowest BCUT2D eigenvalue weighted by Gasteiger charge is -1.89. The minimum Gasteiger partial charge on any atom is -0.469 e. The second-order valence-corrected chi connectivity index (χ2v) is 2.44. The predicted octanol–water partition coefficient (Wildman–Crippen LogP) is 1.74. The van der Waals surface area contributed by atoms with Gasteiger partial charge in [0, 0.05) is 0 Å². The summed E-state index contributed by atoms with van der Waals surface area (Å²) in [4.78, 5) is 20.0. The monoisotopic (exact) mass is 220 g/mol. The van der Waals surface area contributed by atoms with Crippen LogP contribution in [0.1, 0.15) is 6.42 Å². The van der Waals surface area contributed by atoms with Gasteiger partial charge in [0.25, 0.3) is 0 Å². The summed E-state index contributed by atoms with van der Waals surface area (Å²) in [7, 11) is 1.20. The Morgan fingerprint density at radius 2 is 1.73 bits per heavy atom. The van der Waals surface area contributed by atoms with E-state index in [4.69, 9.17) is 34.8 Å². The van der Waals surface area contributed by atoms with Crippen molar-refractivity contribution < 1.29 is 14.3 Å². The van der Waals surface area contributed by atoms with E-state index in [0.717, 1.165) is 0 Å². The van der Waals surface area contributed by atoms with Crippen LogP contribution in [0.5, 0.6) is 0 Å². The van der Waals surface area contributed by atoms with Gasteiger partial charge < -0.3 is 4.74 Å². The molecule has 0 fully saturated rings. The summed E-state index contributed by atoms with van der Waals surface area (Å²) >= 11 is 14.3. The lowest BCUT2D eigenvalue weighted by molar-refractivity contribution is -0.142. The first-order valence-corrected chi connectivity index (χ1v) is 3.90. The molecule has 0 aromatic heterocycles. The summed E-state index contributed by atoms with van der Waals surface area (Å²) in [6, 6.07) is 0. The maximum absolute atomic E-state index is 10.1. The zero-order chi connectivity index (χ0) is 9.28. The molecule has 0 heterocycles. The number of carbonyl (C=O) groups is 2. The number of alkyl halides is 2. The summed E-state index contributed by atoms with van der Waals surface area (Å²) in [6.45, 7) is 0. The molecule has 0 spiro atoms. The fourth-order valence-corrected chi connectivity index (χ4v) is 0.295. The second kappa shape index (κ2) is 10.0. The topological polar surface area (TPSA) is 43.4 Å². The van der Waals surface area contributed by atoms with Gasteiger partial charge in [0.05, 0.1) is 12.4 Å². The van der Waals surface area contributed by atoms with Crippen LogP contribution in [0.3, 0.4) is 0 Å². The summed E-state index contributed by atoms with van der Waals surface area (Å²) in [6.07, 6.45) is -0.349. The van der Waals surface area contributed by atoms with Crippen molar-refractivity contribution in [1.82, 2.24) is 0 Å². The summed E-state index contributed by atoms with van der Waals surface area (Å²) in [5.74, 6) is -0.606. The fraction of sp³-hybridized carbons (Fsp3) is 0.600. The molecule has 0 saturated heterocycles. The molecule has 0 saturated carbocycles. The van der Waals surface area contributed by atoms with E-state index in [1.165, 1.54) is 7.11 Å². The quantitative estimate of drug-likeness (QED) is 0.309. The first kappa shape index (κ1) is 13.6. The highest BCUT2D eigenvalue weighted by molar-refractivity contribution is 6.64. The predicted molar refractivity (Wildman–Crippen MR) is 44.1 cm³/mol. The second-order valence-electron chi connectivity index (χ2n) is 1.21. The van der Waals surface area contributed by atoms with E-state index in [1.807, 2.05) is 0 Å². The van der Waals surface area contributed by atoms with Crippen LogP contribution < -0.4 is 0 Å². The van der Waals surface area contributed by atoms with Crippen molar-refractivity contribution in [2.24, 2.45) is 0 Å². The van der Waals surface area contributed by atoms with Gasteiger partial charge in [-0.3, -0.25) is 9.59 Å². The number of halogens is 3. The van der Waals surface area contributed by atoms with Crippen LogP contribution in [0.25, 0.3) is 0 Å². The number of hydrogen-bond donors (Lipinski definition) is 0. The zero-order valence-corrected chi connectivity index (χ0v) is 8.04. The third kappa shape index (κ3) is 17.8. The summed E-state index contributed by atoms with van der Waals surface area (Å²) < 4.78 is 4.12. The largest absolute Gasteiger partial charge is 0.469 e. The SMILES string of the molecule is COC(=O)CC(=O)Cl.ClCCl. The standard InChI is InChI=1S/C4H5ClO3.CH2Cl2/c1-8-4(7)2-3(5)6;2-1-3/h2H2,1H3;1H2. The third-order valence-electron chi connectivity index (χ3n) is 0.511. The van der Waals surface area contributed by atoms with E-state index in [1.54, 1.807) is 0 Å². The normalized spacial score (nSPS) is 7.64. The first-order chi connectivity index (χ1) is 5.08. The minimum absolute atomic E-state index is 0.194. The average Bonchev–Trinajstić information content (AvgIpc) is 1.88. The Morgan fingerprint density at radius 1 is 1.36 bits per heavy atom. The highest BCUT2D eigenvalue weighted by Gasteiger charge is 2.04. The van der Waals surface area contributed by atoms with Crippen molar-refractivity contribution in [1.29, 1.82) is 0 Å². The summed E-state index contributed by atoms with van der Waals surface area (Å²) in [5.41, 5.74) is 0. The number of rotatable bonds is 2. The smallest absolute Gasteiger partial charge is 0.314 e. The van der Waals surface area contributed by atoms with Crippen molar-refractivity contribution in [2.75, 3.05) is 12.4 Å². The Hall–Kier alpha value is 0.01000. The van der Waals surface area contributed by atoms with Gasteiger partial charge in [-0.2, -0.15) is 0 Å². The number of ether oxygens (including phenoxy) is 1. The Morgan fingerprint density at radius 3 is 1.82 bits per heavy atom. The van der Waals surface area contributed by atoms with Crippen LogP contribution in [-0.4, -0.2) is 23.7 Å². The van der Waals surface area contributed by atoms with Gasteiger partial charge in [0.1, 0.15) is 6.42 Å². The molecular weight excluding hydrogens is 214 g/mol. The number of carbonyl (C=O) groups excluding carboxylic acids is 2. The van der Waals surface area contributed by atoms with Crippen LogP contribution in [0.2, 0.25) is 0 Å². The maximum Gasteiger partial charge on any atom is 0.314 e. The third-order valence-corrected chi connectivity index (χ3v) is 0.645. The van der Waals surface area contributed by atoms with E-state index in [9.17, 15) is 9.59 Å². The molecule has 0 atom stereocenters. The molecule has 0 aliphatic heterocycles. The van der Waals surface area contributed by atoms with E-state index in [0.29, 0.717) is 0 Å². The van der Waals surface area contributed by atoms with Gasteiger partial charge >= 0.3 is 5.97 Å². The molecule has 3 nitrogen and oxygen atoms in total. The lowest BCUT2D eigenvalue weighted by Crippen LogP contribution is -2.03. The molecule has 0 N–H and O–H groups in total. The van der Waals surface area contributed by atoms with E-state index < -0.39 is 11.2 Å². The summed E-state index contributed by atoms with van der Waals surface area (Å²) in [5, 5.41) is -0.503.